The predicted molar refractivity (Wildman–Crippen MR) is 138 cm³/mol. The fraction of sp³-hybridized carbons (Fsp3) is 0.542. The lowest BCUT2D eigenvalue weighted by atomic mass is 10.0. The van der Waals surface area contributed by atoms with Crippen LogP contribution in [-0.2, 0) is 24.0 Å². The summed E-state index contributed by atoms with van der Waals surface area (Å²) < 4.78 is 0. The third-order valence-corrected chi connectivity index (χ3v) is 7.59. The molecule has 0 radical (unpaired) electrons. The number of carbonyl (C=O) groups is 5. The van der Waals surface area contributed by atoms with Gasteiger partial charge in [-0.2, -0.15) is 0 Å². The van der Waals surface area contributed by atoms with E-state index in [1.807, 2.05) is 0 Å². The number of halogens is 2. The van der Waals surface area contributed by atoms with Gasteiger partial charge in [-0.1, -0.05) is 30.3 Å². The Morgan fingerprint density at radius 2 is 1.54 bits per heavy atom. The van der Waals surface area contributed by atoms with E-state index in [2.05, 4.69) is 21.3 Å². The highest BCUT2D eigenvalue weighted by atomic mass is 35.5. The van der Waals surface area contributed by atoms with Crippen LogP contribution >= 0.6 is 23.2 Å². The molecule has 39 heavy (non-hydrogen) atoms. The number of fused-ring (bicyclic) bond motifs is 1. The molecule has 8 atom stereocenters. The number of benzene rings is 1. The molecule has 2 aliphatic heterocycles. The number of nitrogens with one attached hydrogen (secondary N) is 4. The largest absolute Gasteiger partial charge is 0.394 e. The van der Waals surface area contributed by atoms with Crippen LogP contribution in [-0.4, -0.2) is 111 Å². The van der Waals surface area contributed by atoms with E-state index in [0.717, 1.165) is 4.90 Å². The molecule has 1 aromatic rings. The maximum absolute atomic E-state index is 13.3. The Morgan fingerprint density at radius 3 is 2.13 bits per heavy atom. The second-order valence-electron chi connectivity index (χ2n) is 9.35. The number of carbonyl (C=O) groups excluding carboxylic acids is 5. The standard InChI is InChI=1S/C24H31Cl2N5O8/c1-11(34)19-22(37)29-15(9-32)21(36)28-14(12-5-3-2-4-6-12)7-17(35)27-16(10-33)24(39)31-8-13(25)18(26)20(31)23(38)30-19/h2-6,11,13-16,18-20,32-34H,7-10H2,1H3,(H,27,35)(H,28,36)(H,29,37)(H,30,38). The number of amides is 5. The van der Waals surface area contributed by atoms with Gasteiger partial charge in [0.1, 0.15) is 24.2 Å². The van der Waals surface area contributed by atoms with Crippen molar-refractivity contribution in [3.8, 4) is 0 Å². The van der Waals surface area contributed by atoms with Crippen LogP contribution in [0.15, 0.2) is 30.3 Å². The smallest absolute Gasteiger partial charge is 0.248 e. The number of alkyl halides is 2. The number of aliphatic hydroxyl groups is 3. The van der Waals surface area contributed by atoms with Crippen LogP contribution in [0.2, 0.25) is 0 Å². The number of hydrogen-bond acceptors (Lipinski definition) is 8. The van der Waals surface area contributed by atoms with Gasteiger partial charge in [0.25, 0.3) is 0 Å². The highest BCUT2D eigenvalue weighted by Crippen LogP contribution is 2.29. The van der Waals surface area contributed by atoms with Crippen molar-refractivity contribution in [1.29, 1.82) is 0 Å². The quantitative estimate of drug-likeness (QED) is 0.187. The van der Waals surface area contributed by atoms with E-state index >= 15 is 0 Å². The minimum absolute atomic E-state index is 0.195. The average molecular weight is 588 g/mol. The van der Waals surface area contributed by atoms with Crippen LogP contribution in [0.25, 0.3) is 0 Å². The zero-order valence-electron chi connectivity index (χ0n) is 20.9. The van der Waals surface area contributed by atoms with Crippen molar-refractivity contribution in [3.05, 3.63) is 35.9 Å². The first-order valence-electron chi connectivity index (χ1n) is 12.2. The van der Waals surface area contributed by atoms with Gasteiger partial charge in [-0.25, -0.2) is 0 Å². The van der Waals surface area contributed by atoms with E-state index in [1.165, 1.54) is 6.92 Å². The monoisotopic (exact) mass is 587 g/mol. The van der Waals surface area contributed by atoms with Crippen LogP contribution in [0.5, 0.6) is 0 Å². The lowest BCUT2D eigenvalue weighted by Crippen LogP contribution is -2.62. The van der Waals surface area contributed by atoms with E-state index in [1.54, 1.807) is 30.3 Å². The molecule has 0 saturated carbocycles. The van der Waals surface area contributed by atoms with Gasteiger partial charge >= 0.3 is 0 Å². The van der Waals surface area contributed by atoms with E-state index < -0.39 is 89.8 Å². The normalized spacial score (nSPS) is 32.0. The van der Waals surface area contributed by atoms with Gasteiger partial charge in [0, 0.05) is 6.54 Å². The molecule has 0 spiro atoms. The zero-order valence-corrected chi connectivity index (χ0v) is 22.4. The summed E-state index contributed by atoms with van der Waals surface area (Å²) in [6.07, 6.45) is -1.83. The maximum atomic E-state index is 13.3. The summed E-state index contributed by atoms with van der Waals surface area (Å²) in [4.78, 5) is 66.5. The lowest BCUT2D eigenvalue weighted by Gasteiger charge is -2.31. The van der Waals surface area contributed by atoms with Gasteiger partial charge in [-0.3, -0.25) is 24.0 Å². The molecule has 2 heterocycles. The summed E-state index contributed by atoms with van der Waals surface area (Å²) in [7, 11) is 0. The highest BCUT2D eigenvalue weighted by molar-refractivity contribution is 6.32. The predicted octanol–water partition coefficient (Wildman–Crippen LogP) is -2.51. The number of rotatable bonds is 4. The molecule has 0 bridgehead atoms. The molecular weight excluding hydrogens is 557 g/mol. The molecule has 8 unspecified atom stereocenters. The van der Waals surface area contributed by atoms with Crippen LogP contribution in [0.1, 0.15) is 24.9 Å². The van der Waals surface area contributed by atoms with Crippen molar-refractivity contribution in [2.24, 2.45) is 0 Å². The third kappa shape index (κ3) is 7.17. The van der Waals surface area contributed by atoms with Crippen LogP contribution in [0, 0.1) is 0 Å². The van der Waals surface area contributed by atoms with Crippen molar-refractivity contribution in [2.75, 3.05) is 19.8 Å². The van der Waals surface area contributed by atoms with Gasteiger partial charge in [-0.05, 0) is 12.5 Å². The molecule has 13 nitrogen and oxygen atoms in total. The third-order valence-electron chi connectivity index (χ3n) is 6.51. The number of aliphatic hydroxyl groups excluding tert-OH is 3. The van der Waals surface area contributed by atoms with Crippen molar-refractivity contribution < 1.29 is 39.3 Å². The van der Waals surface area contributed by atoms with Gasteiger partial charge in [-0.15, -0.1) is 23.2 Å². The molecular formula is C24H31Cl2N5O8. The Bertz CT molecular complexity index is 1080. The van der Waals surface area contributed by atoms with Gasteiger partial charge in [0.15, 0.2) is 0 Å². The molecule has 3 rings (SSSR count). The molecule has 15 heteroatoms. The Labute approximate surface area is 234 Å². The summed E-state index contributed by atoms with van der Waals surface area (Å²) in [5, 5.41) is 37.6. The van der Waals surface area contributed by atoms with Gasteiger partial charge in [0.05, 0.1) is 42.5 Å². The first-order valence-corrected chi connectivity index (χ1v) is 13.1. The first kappa shape index (κ1) is 30.6. The molecule has 2 fully saturated rings. The minimum Gasteiger partial charge on any atom is -0.394 e. The van der Waals surface area contributed by atoms with Crippen molar-refractivity contribution >= 4 is 52.7 Å². The topological polar surface area (TPSA) is 197 Å². The van der Waals surface area contributed by atoms with Crippen molar-refractivity contribution in [3.63, 3.8) is 0 Å². The highest BCUT2D eigenvalue weighted by Gasteiger charge is 2.49. The molecule has 0 aliphatic carbocycles. The summed E-state index contributed by atoms with van der Waals surface area (Å²) in [6.45, 7) is -0.622. The van der Waals surface area contributed by atoms with E-state index in [0.29, 0.717) is 5.56 Å². The zero-order chi connectivity index (χ0) is 28.9. The lowest BCUT2D eigenvalue weighted by molar-refractivity contribution is -0.143. The SMILES string of the molecule is CC(O)C1NC(=O)C2C(Cl)C(Cl)CN2C(=O)C(CO)NC(=O)CC(c2ccccc2)NC(=O)C(CO)NC1=O. The molecule has 2 saturated heterocycles. The molecule has 2 aliphatic rings. The van der Waals surface area contributed by atoms with Gasteiger partial charge < -0.3 is 41.5 Å². The second-order valence-corrected chi connectivity index (χ2v) is 10.4. The summed E-state index contributed by atoms with van der Waals surface area (Å²) >= 11 is 12.6. The fourth-order valence-electron chi connectivity index (χ4n) is 4.42. The molecule has 214 valence electrons. The van der Waals surface area contributed by atoms with E-state index in [9.17, 15) is 39.3 Å². The maximum Gasteiger partial charge on any atom is 0.248 e. The van der Waals surface area contributed by atoms with E-state index in [-0.39, 0.29) is 13.0 Å². The van der Waals surface area contributed by atoms with Crippen LogP contribution in [0.4, 0.5) is 0 Å². The average Bonchev–Trinajstić information content (AvgIpc) is 3.21. The second kappa shape index (κ2) is 13.4. The summed E-state index contributed by atoms with van der Waals surface area (Å²) in [5.74, 6) is -4.33. The summed E-state index contributed by atoms with van der Waals surface area (Å²) in [6, 6.07) is 1.45. The Morgan fingerprint density at radius 1 is 0.897 bits per heavy atom. The summed E-state index contributed by atoms with van der Waals surface area (Å²) in [5.41, 5.74) is 0.515. The van der Waals surface area contributed by atoms with Gasteiger partial charge in [0.2, 0.25) is 29.5 Å². The van der Waals surface area contributed by atoms with Crippen LogP contribution < -0.4 is 21.3 Å². The number of hydrogen-bond donors (Lipinski definition) is 7. The Hall–Kier alpha value is -2.97. The minimum atomic E-state index is -1.60. The molecule has 1 aromatic carbocycles. The molecule has 5 amide bonds. The first-order chi connectivity index (χ1) is 18.5. The van der Waals surface area contributed by atoms with E-state index in [4.69, 9.17) is 23.2 Å². The number of nitrogens with zero attached hydrogens (tertiary/aromatic N) is 1. The van der Waals surface area contributed by atoms with Crippen molar-refractivity contribution in [1.82, 2.24) is 26.2 Å². The molecule has 7 N–H and O–H groups in total. The van der Waals surface area contributed by atoms with Crippen LogP contribution in [0.3, 0.4) is 0 Å². The fourth-order valence-corrected chi connectivity index (χ4v) is 5.04. The Balaban J connectivity index is 2.02. The van der Waals surface area contributed by atoms with Crippen molar-refractivity contribution in [2.45, 2.75) is 60.4 Å². The molecule has 0 aromatic heterocycles. The Kier molecular flexibility index (Phi) is 10.5.